The monoisotopic (exact) mass is 269 g/mol. The molecule has 19 heavy (non-hydrogen) atoms. The van der Waals surface area contributed by atoms with E-state index in [0.29, 0.717) is 32.5 Å². The number of hydrogen-bond donors (Lipinski definition) is 1. The molecule has 1 aliphatic heterocycles. The molecule has 1 aliphatic rings. The molecule has 0 atom stereocenters. The molecule has 0 unspecified atom stereocenters. The zero-order valence-corrected chi connectivity index (χ0v) is 11.8. The Bertz CT molecular complexity index is 334. The van der Waals surface area contributed by atoms with E-state index < -0.39 is 0 Å². The Morgan fingerprint density at radius 2 is 1.89 bits per heavy atom. The maximum atomic E-state index is 12.1. The fourth-order valence-corrected chi connectivity index (χ4v) is 2.11. The number of ketones is 1. The summed E-state index contributed by atoms with van der Waals surface area (Å²) in [6, 6.07) is 0. The Kier molecular flexibility index (Phi) is 6.49. The van der Waals surface area contributed by atoms with Crippen LogP contribution in [0.25, 0.3) is 0 Å². The van der Waals surface area contributed by atoms with Crippen LogP contribution < -0.4 is 5.32 Å². The first-order valence-electron chi connectivity index (χ1n) is 6.79. The Morgan fingerprint density at radius 1 is 1.26 bits per heavy atom. The third kappa shape index (κ3) is 5.38. The van der Waals surface area contributed by atoms with Gasteiger partial charge in [-0.15, -0.1) is 0 Å². The van der Waals surface area contributed by atoms with Crippen molar-refractivity contribution in [1.82, 2.24) is 15.1 Å². The van der Waals surface area contributed by atoms with Gasteiger partial charge in [0.15, 0.2) is 0 Å². The molecule has 0 radical (unpaired) electrons. The third-order valence-corrected chi connectivity index (χ3v) is 3.22. The highest BCUT2D eigenvalue weighted by atomic mass is 16.2. The van der Waals surface area contributed by atoms with Gasteiger partial charge in [0.25, 0.3) is 0 Å². The number of likely N-dealkylation sites (N-methyl/N-ethyl adjacent to an activating group) is 1. The van der Waals surface area contributed by atoms with E-state index in [-0.39, 0.29) is 30.7 Å². The van der Waals surface area contributed by atoms with Crippen molar-refractivity contribution in [2.45, 2.75) is 26.2 Å². The molecule has 0 aromatic heterocycles. The zero-order valence-electron chi connectivity index (χ0n) is 11.8. The molecule has 6 heteroatoms. The summed E-state index contributed by atoms with van der Waals surface area (Å²) < 4.78 is 0. The van der Waals surface area contributed by atoms with Gasteiger partial charge in [-0.3, -0.25) is 19.3 Å². The second-order valence-corrected chi connectivity index (χ2v) is 4.80. The number of hydrogen-bond acceptors (Lipinski definition) is 4. The second kappa shape index (κ2) is 7.89. The fourth-order valence-electron chi connectivity index (χ4n) is 2.11. The van der Waals surface area contributed by atoms with E-state index in [1.54, 1.807) is 11.9 Å². The van der Waals surface area contributed by atoms with Crippen LogP contribution in [0.2, 0.25) is 0 Å². The van der Waals surface area contributed by atoms with Crippen LogP contribution in [0.15, 0.2) is 0 Å². The normalized spacial score (nSPS) is 15.7. The van der Waals surface area contributed by atoms with Crippen LogP contribution in [0.4, 0.5) is 0 Å². The average molecular weight is 269 g/mol. The number of nitrogens with zero attached hydrogens (tertiary/aromatic N) is 2. The van der Waals surface area contributed by atoms with Crippen molar-refractivity contribution in [3.8, 4) is 0 Å². The first-order valence-corrected chi connectivity index (χ1v) is 6.79. The average Bonchev–Trinajstić information content (AvgIpc) is 2.39. The smallest absolute Gasteiger partial charge is 0.236 e. The number of piperidine rings is 1. The topological polar surface area (TPSA) is 69.7 Å². The van der Waals surface area contributed by atoms with Crippen molar-refractivity contribution in [3.05, 3.63) is 0 Å². The van der Waals surface area contributed by atoms with Gasteiger partial charge in [0.1, 0.15) is 5.78 Å². The van der Waals surface area contributed by atoms with Crippen LogP contribution in [0.1, 0.15) is 26.2 Å². The summed E-state index contributed by atoms with van der Waals surface area (Å²) in [4.78, 5) is 38.2. The van der Waals surface area contributed by atoms with Gasteiger partial charge in [0.05, 0.1) is 13.1 Å². The van der Waals surface area contributed by atoms with E-state index in [4.69, 9.17) is 0 Å². The molecule has 1 heterocycles. The van der Waals surface area contributed by atoms with Gasteiger partial charge < -0.3 is 10.2 Å². The Morgan fingerprint density at radius 3 is 2.42 bits per heavy atom. The second-order valence-electron chi connectivity index (χ2n) is 4.80. The summed E-state index contributed by atoms with van der Waals surface area (Å²) in [5.41, 5.74) is 0. The highest BCUT2D eigenvalue weighted by Gasteiger charge is 2.22. The number of Topliss-reactive ketones (excluding diaryl/α,β-unsaturated/α-hetero) is 1. The minimum atomic E-state index is -0.0879. The number of carbonyl (C=O) groups is 3. The highest BCUT2D eigenvalue weighted by molar-refractivity contribution is 5.84. The van der Waals surface area contributed by atoms with Crippen LogP contribution in [-0.2, 0) is 14.4 Å². The lowest BCUT2D eigenvalue weighted by Gasteiger charge is -2.29. The van der Waals surface area contributed by atoms with E-state index in [0.717, 1.165) is 6.42 Å². The van der Waals surface area contributed by atoms with Crippen molar-refractivity contribution < 1.29 is 14.4 Å². The molecule has 0 bridgehead atoms. The molecule has 1 rings (SSSR count). The van der Waals surface area contributed by atoms with Gasteiger partial charge in [0, 0.05) is 33.0 Å². The Balaban J connectivity index is 2.46. The van der Waals surface area contributed by atoms with E-state index >= 15 is 0 Å². The van der Waals surface area contributed by atoms with E-state index in [1.807, 2.05) is 11.8 Å². The fraction of sp³-hybridized carbons (Fsp3) is 0.769. The number of amides is 2. The molecule has 0 aromatic carbocycles. The standard InChI is InChI=1S/C13H23N3O3/c1-3-6-15(9-12(18)14-2)10-13(19)16-7-4-11(17)5-8-16/h3-10H2,1-2H3,(H,14,18). The summed E-state index contributed by atoms with van der Waals surface area (Å²) in [5.74, 6) is 0.139. The lowest BCUT2D eigenvalue weighted by molar-refractivity contribution is -0.135. The lowest BCUT2D eigenvalue weighted by atomic mass is 10.1. The predicted molar refractivity (Wildman–Crippen MR) is 71.6 cm³/mol. The minimum absolute atomic E-state index is 0.00449. The number of likely N-dealkylation sites (tertiary alicyclic amines) is 1. The highest BCUT2D eigenvalue weighted by Crippen LogP contribution is 2.06. The summed E-state index contributed by atoms with van der Waals surface area (Å²) >= 11 is 0. The van der Waals surface area contributed by atoms with Crippen LogP contribution in [0.3, 0.4) is 0 Å². The minimum Gasteiger partial charge on any atom is -0.358 e. The Hall–Kier alpha value is -1.43. The van der Waals surface area contributed by atoms with Gasteiger partial charge in [-0.25, -0.2) is 0 Å². The van der Waals surface area contributed by atoms with Crippen LogP contribution in [-0.4, -0.2) is 67.2 Å². The van der Waals surface area contributed by atoms with Crippen LogP contribution in [0, 0.1) is 0 Å². The predicted octanol–water partition coefficient (Wildman–Crippen LogP) is -0.364. The van der Waals surface area contributed by atoms with E-state index in [9.17, 15) is 14.4 Å². The molecule has 6 nitrogen and oxygen atoms in total. The molecule has 0 spiro atoms. The maximum Gasteiger partial charge on any atom is 0.236 e. The number of nitrogens with one attached hydrogen (secondary N) is 1. The van der Waals surface area contributed by atoms with Crippen LogP contribution in [0.5, 0.6) is 0 Å². The first-order chi connectivity index (χ1) is 9.06. The molecule has 0 saturated carbocycles. The summed E-state index contributed by atoms with van der Waals surface area (Å²) in [7, 11) is 1.59. The molecule has 1 fully saturated rings. The van der Waals surface area contributed by atoms with Crippen molar-refractivity contribution in [2.24, 2.45) is 0 Å². The van der Waals surface area contributed by atoms with Gasteiger partial charge in [0.2, 0.25) is 11.8 Å². The van der Waals surface area contributed by atoms with Crippen molar-refractivity contribution in [1.29, 1.82) is 0 Å². The molecule has 1 N–H and O–H groups in total. The summed E-state index contributed by atoms with van der Waals surface area (Å²) in [6.07, 6.45) is 1.80. The SMILES string of the molecule is CCCN(CC(=O)NC)CC(=O)N1CCC(=O)CC1. The van der Waals surface area contributed by atoms with Crippen molar-refractivity contribution >= 4 is 17.6 Å². The van der Waals surface area contributed by atoms with Crippen molar-refractivity contribution in [2.75, 3.05) is 39.8 Å². The molecule has 108 valence electrons. The Labute approximate surface area is 114 Å². The molecular formula is C13H23N3O3. The van der Waals surface area contributed by atoms with Gasteiger partial charge in [-0.05, 0) is 13.0 Å². The molecule has 1 saturated heterocycles. The van der Waals surface area contributed by atoms with Crippen molar-refractivity contribution in [3.63, 3.8) is 0 Å². The molecule has 0 aromatic rings. The molecule has 2 amide bonds. The number of carbonyl (C=O) groups excluding carboxylic acids is 3. The summed E-state index contributed by atoms with van der Waals surface area (Å²) in [6.45, 7) is 4.24. The quantitative estimate of drug-likeness (QED) is 0.714. The maximum absolute atomic E-state index is 12.1. The molecule has 0 aliphatic carbocycles. The molecular weight excluding hydrogens is 246 g/mol. The lowest BCUT2D eigenvalue weighted by Crippen LogP contribution is -2.46. The van der Waals surface area contributed by atoms with Gasteiger partial charge >= 0.3 is 0 Å². The third-order valence-electron chi connectivity index (χ3n) is 3.22. The zero-order chi connectivity index (χ0) is 14.3. The van der Waals surface area contributed by atoms with E-state index in [1.165, 1.54) is 0 Å². The van der Waals surface area contributed by atoms with Gasteiger partial charge in [-0.2, -0.15) is 0 Å². The summed E-state index contributed by atoms with van der Waals surface area (Å²) in [5, 5.41) is 2.56. The first kappa shape index (κ1) is 15.6. The van der Waals surface area contributed by atoms with Crippen LogP contribution >= 0.6 is 0 Å². The number of rotatable bonds is 6. The van der Waals surface area contributed by atoms with E-state index in [2.05, 4.69) is 5.32 Å². The van der Waals surface area contributed by atoms with Gasteiger partial charge in [-0.1, -0.05) is 6.92 Å². The largest absolute Gasteiger partial charge is 0.358 e.